The molecule has 3 heterocycles. The molecular formula is C13H15F3N6. The quantitative estimate of drug-likeness (QED) is 0.919. The van der Waals surface area contributed by atoms with Crippen LogP contribution < -0.4 is 10.6 Å². The van der Waals surface area contributed by atoms with Crippen LogP contribution in [0.2, 0.25) is 0 Å². The zero-order valence-corrected chi connectivity index (χ0v) is 11.9. The van der Waals surface area contributed by atoms with E-state index in [1.165, 1.54) is 19.3 Å². The monoisotopic (exact) mass is 312 g/mol. The molecule has 0 spiro atoms. The van der Waals surface area contributed by atoms with E-state index in [0.717, 1.165) is 30.6 Å². The molecule has 1 saturated heterocycles. The topological polar surface area (TPSA) is 72.9 Å². The van der Waals surface area contributed by atoms with Crippen LogP contribution in [0.15, 0.2) is 12.3 Å². The number of nitrogens with two attached hydrogens (primary N) is 1. The van der Waals surface area contributed by atoms with Gasteiger partial charge in [-0.15, -0.1) is 0 Å². The van der Waals surface area contributed by atoms with Crippen LogP contribution in [0.4, 0.5) is 24.9 Å². The van der Waals surface area contributed by atoms with Crippen molar-refractivity contribution in [1.82, 2.24) is 19.7 Å². The summed E-state index contributed by atoms with van der Waals surface area (Å²) in [6, 6.07) is 1.54. The van der Waals surface area contributed by atoms with Crippen molar-refractivity contribution in [2.24, 2.45) is 7.05 Å². The Labute approximate surface area is 124 Å². The molecule has 0 unspecified atom stereocenters. The fraction of sp³-hybridized carbons (Fsp3) is 0.462. The lowest BCUT2D eigenvalue weighted by molar-refractivity contribution is -0.141. The number of anilines is 2. The lowest BCUT2D eigenvalue weighted by atomic mass is 10.1. The highest BCUT2D eigenvalue weighted by atomic mass is 19.4. The standard InChI is InChI=1S/C13H15F3N6/c1-21-7-8(11(20-21)13(14,15)16)9-6-10(19-12(17)18-9)22-4-2-3-5-22/h6-7H,2-5H2,1H3,(H2,17,18,19). The van der Waals surface area contributed by atoms with E-state index < -0.39 is 11.9 Å². The van der Waals surface area contributed by atoms with Crippen molar-refractivity contribution in [3.05, 3.63) is 18.0 Å². The molecular weight excluding hydrogens is 297 g/mol. The van der Waals surface area contributed by atoms with E-state index in [1.807, 2.05) is 4.90 Å². The highest BCUT2D eigenvalue weighted by Crippen LogP contribution is 2.36. The minimum Gasteiger partial charge on any atom is -0.368 e. The van der Waals surface area contributed by atoms with Gasteiger partial charge in [0.1, 0.15) is 5.82 Å². The second-order valence-corrected chi connectivity index (χ2v) is 5.23. The number of hydrogen-bond donors (Lipinski definition) is 1. The van der Waals surface area contributed by atoms with Gasteiger partial charge in [0, 0.05) is 32.4 Å². The van der Waals surface area contributed by atoms with Crippen LogP contribution in [-0.2, 0) is 13.2 Å². The van der Waals surface area contributed by atoms with Crippen molar-refractivity contribution in [3.63, 3.8) is 0 Å². The molecule has 6 nitrogen and oxygen atoms in total. The Kier molecular flexibility index (Phi) is 3.42. The molecule has 1 fully saturated rings. The van der Waals surface area contributed by atoms with E-state index in [1.54, 1.807) is 0 Å². The fourth-order valence-electron chi connectivity index (χ4n) is 2.58. The molecule has 0 aliphatic carbocycles. The first kappa shape index (κ1) is 14.6. The summed E-state index contributed by atoms with van der Waals surface area (Å²) in [5.41, 5.74) is 4.74. The number of aryl methyl sites for hydroxylation is 1. The fourth-order valence-corrected chi connectivity index (χ4v) is 2.58. The first-order chi connectivity index (χ1) is 10.3. The molecule has 1 aliphatic heterocycles. The molecule has 0 bridgehead atoms. The smallest absolute Gasteiger partial charge is 0.368 e. The van der Waals surface area contributed by atoms with Crippen molar-refractivity contribution < 1.29 is 13.2 Å². The summed E-state index contributed by atoms with van der Waals surface area (Å²) in [5.74, 6) is 0.508. The van der Waals surface area contributed by atoms with E-state index in [9.17, 15) is 13.2 Å². The predicted molar refractivity (Wildman–Crippen MR) is 75.1 cm³/mol. The van der Waals surface area contributed by atoms with Crippen LogP contribution in [0.5, 0.6) is 0 Å². The van der Waals surface area contributed by atoms with Crippen molar-refractivity contribution >= 4 is 11.8 Å². The second-order valence-electron chi connectivity index (χ2n) is 5.23. The van der Waals surface area contributed by atoms with Crippen LogP contribution >= 0.6 is 0 Å². The van der Waals surface area contributed by atoms with E-state index in [-0.39, 0.29) is 17.2 Å². The molecule has 0 atom stereocenters. The minimum atomic E-state index is -4.55. The van der Waals surface area contributed by atoms with Gasteiger partial charge < -0.3 is 10.6 Å². The number of alkyl halides is 3. The molecule has 0 aromatic carbocycles. The largest absolute Gasteiger partial charge is 0.435 e. The summed E-state index contributed by atoms with van der Waals surface area (Å²) < 4.78 is 40.4. The number of hydrogen-bond acceptors (Lipinski definition) is 5. The van der Waals surface area contributed by atoms with E-state index in [0.29, 0.717) is 5.82 Å². The van der Waals surface area contributed by atoms with Crippen LogP contribution in [0.3, 0.4) is 0 Å². The molecule has 2 N–H and O–H groups in total. The number of halogens is 3. The lowest BCUT2D eigenvalue weighted by Gasteiger charge is -2.17. The third kappa shape index (κ3) is 2.70. The van der Waals surface area contributed by atoms with Gasteiger partial charge in [-0.2, -0.15) is 23.3 Å². The van der Waals surface area contributed by atoms with E-state index in [2.05, 4.69) is 15.1 Å². The van der Waals surface area contributed by atoms with Gasteiger partial charge >= 0.3 is 6.18 Å². The third-order valence-corrected chi connectivity index (χ3v) is 3.53. The Morgan fingerprint density at radius 2 is 1.86 bits per heavy atom. The minimum absolute atomic E-state index is 0.0450. The van der Waals surface area contributed by atoms with Crippen LogP contribution in [0, 0.1) is 0 Å². The summed E-state index contributed by atoms with van der Waals surface area (Å²) in [6.07, 6.45) is -1.21. The van der Waals surface area contributed by atoms with Crippen molar-refractivity contribution in [2.45, 2.75) is 19.0 Å². The second kappa shape index (κ2) is 5.15. The van der Waals surface area contributed by atoms with Crippen LogP contribution in [0.1, 0.15) is 18.5 Å². The first-order valence-corrected chi connectivity index (χ1v) is 6.85. The Bertz CT molecular complexity index is 688. The van der Waals surface area contributed by atoms with Gasteiger partial charge in [-0.25, -0.2) is 4.98 Å². The van der Waals surface area contributed by atoms with Gasteiger partial charge in [-0.1, -0.05) is 0 Å². The van der Waals surface area contributed by atoms with E-state index >= 15 is 0 Å². The Morgan fingerprint density at radius 1 is 1.18 bits per heavy atom. The van der Waals surface area contributed by atoms with Crippen LogP contribution in [0.25, 0.3) is 11.3 Å². The Morgan fingerprint density at radius 3 is 2.50 bits per heavy atom. The number of nitrogen functional groups attached to an aromatic ring is 1. The molecule has 22 heavy (non-hydrogen) atoms. The zero-order valence-electron chi connectivity index (χ0n) is 11.9. The maximum absolute atomic E-state index is 13.1. The number of nitrogens with zero attached hydrogens (tertiary/aromatic N) is 5. The molecule has 1 aliphatic rings. The van der Waals surface area contributed by atoms with Gasteiger partial charge in [0.25, 0.3) is 0 Å². The van der Waals surface area contributed by atoms with Crippen molar-refractivity contribution in [1.29, 1.82) is 0 Å². The maximum Gasteiger partial charge on any atom is 0.435 e. The summed E-state index contributed by atoms with van der Waals surface area (Å²) in [7, 11) is 1.44. The first-order valence-electron chi connectivity index (χ1n) is 6.85. The normalized spacial score (nSPS) is 15.5. The maximum atomic E-state index is 13.1. The average molecular weight is 312 g/mol. The van der Waals surface area contributed by atoms with Gasteiger partial charge in [0.2, 0.25) is 5.95 Å². The number of rotatable bonds is 2. The molecule has 3 rings (SSSR count). The molecule has 0 amide bonds. The zero-order chi connectivity index (χ0) is 15.9. The van der Waals surface area contributed by atoms with Crippen molar-refractivity contribution in [3.8, 4) is 11.3 Å². The van der Waals surface area contributed by atoms with Crippen molar-refractivity contribution in [2.75, 3.05) is 23.7 Å². The third-order valence-electron chi connectivity index (χ3n) is 3.53. The number of aromatic nitrogens is 4. The highest BCUT2D eigenvalue weighted by Gasteiger charge is 2.38. The van der Waals surface area contributed by atoms with Gasteiger partial charge in [-0.05, 0) is 12.8 Å². The Hall–Kier alpha value is -2.32. The summed E-state index contributed by atoms with van der Waals surface area (Å²) in [4.78, 5) is 10.1. The molecule has 0 radical (unpaired) electrons. The summed E-state index contributed by atoms with van der Waals surface area (Å²) in [6.45, 7) is 1.63. The molecule has 2 aromatic heterocycles. The van der Waals surface area contributed by atoms with E-state index in [4.69, 9.17) is 5.73 Å². The van der Waals surface area contributed by atoms with Gasteiger partial charge in [0.05, 0.1) is 11.3 Å². The Balaban J connectivity index is 2.09. The average Bonchev–Trinajstić information content (AvgIpc) is 3.05. The predicted octanol–water partition coefficient (Wildman–Crippen LogP) is 2.08. The van der Waals surface area contributed by atoms with Gasteiger partial charge in [-0.3, -0.25) is 4.68 Å². The summed E-state index contributed by atoms with van der Waals surface area (Å²) in [5, 5.41) is 3.49. The SMILES string of the molecule is Cn1cc(-c2cc(N3CCCC3)nc(N)n2)c(C(F)(F)F)n1. The lowest BCUT2D eigenvalue weighted by Crippen LogP contribution is -2.20. The molecule has 9 heteroatoms. The van der Waals surface area contributed by atoms with Crippen LogP contribution in [-0.4, -0.2) is 32.8 Å². The summed E-state index contributed by atoms with van der Waals surface area (Å²) >= 11 is 0. The van der Waals surface area contributed by atoms with Gasteiger partial charge in [0.15, 0.2) is 5.69 Å². The molecule has 2 aromatic rings. The highest BCUT2D eigenvalue weighted by molar-refractivity contribution is 5.66. The molecule has 118 valence electrons. The molecule has 0 saturated carbocycles.